The van der Waals surface area contributed by atoms with Crippen LogP contribution in [0.2, 0.25) is 0 Å². The number of benzene rings is 1. The Morgan fingerprint density at radius 1 is 1.25 bits per heavy atom. The lowest BCUT2D eigenvalue weighted by Crippen LogP contribution is -2.53. The number of aryl methyl sites for hydroxylation is 1. The Morgan fingerprint density at radius 3 is 2.69 bits per heavy atom. The summed E-state index contributed by atoms with van der Waals surface area (Å²) in [6, 6.07) is 6.08. The first-order valence-corrected chi connectivity index (χ1v) is 11.4. The van der Waals surface area contributed by atoms with E-state index in [1.165, 1.54) is 5.57 Å². The van der Waals surface area contributed by atoms with Crippen LogP contribution in [-0.2, 0) is 6.61 Å². The molecule has 2 amide bonds. The van der Waals surface area contributed by atoms with E-state index in [0.717, 1.165) is 49.2 Å². The number of oxazole rings is 1. The first-order chi connectivity index (χ1) is 15.6. The number of aliphatic hydroxyl groups is 1. The number of amides is 2. The summed E-state index contributed by atoms with van der Waals surface area (Å²) >= 11 is 0. The lowest BCUT2D eigenvalue weighted by atomic mass is 9.98. The number of rotatable bonds is 6. The number of carbonyl (C=O) groups excluding carboxylic acids is 1. The second-order valence-electron chi connectivity index (χ2n) is 8.31. The topological polar surface area (TPSA) is 81.8 Å². The van der Waals surface area contributed by atoms with Crippen molar-refractivity contribution in [1.29, 1.82) is 0 Å². The zero-order valence-corrected chi connectivity index (χ0v) is 18.9. The quantitative estimate of drug-likeness (QED) is 0.715. The van der Waals surface area contributed by atoms with Crippen LogP contribution in [0.1, 0.15) is 37.6 Å². The molecule has 4 rings (SSSR count). The summed E-state index contributed by atoms with van der Waals surface area (Å²) in [5.74, 6) is 1.26. The van der Waals surface area contributed by atoms with E-state index < -0.39 is 0 Å². The molecule has 1 atom stereocenters. The molecule has 1 aromatic heterocycles. The third-order valence-electron chi connectivity index (χ3n) is 6.21. The Morgan fingerprint density at radius 2 is 2.06 bits per heavy atom. The van der Waals surface area contributed by atoms with E-state index in [1.807, 2.05) is 23.1 Å². The molecule has 1 aromatic carbocycles. The molecule has 2 N–H and O–H groups in total. The predicted octanol–water partition coefficient (Wildman–Crippen LogP) is 4.03. The van der Waals surface area contributed by atoms with Gasteiger partial charge < -0.3 is 24.6 Å². The average molecular weight is 437 g/mol. The van der Waals surface area contributed by atoms with Crippen LogP contribution in [0.4, 0.5) is 10.5 Å². The van der Waals surface area contributed by atoms with E-state index in [4.69, 9.17) is 4.42 Å². The Hall–Kier alpha value is -3.06. The minimum atomic E-state index is -0.0754. The number of allylic oxidation sites excluding steroid dienone is 2. The van der Waals surface area contributed by atoms with Crippen molar-refractivity contribution in [2.75, 3.05) is 31.1 Å². The van der Waals surface area contributed by atoms with Crippen molar-refractivity contribution in [3.63, 3.8) is 0 Å². The molecule has 7 heteroatoms. The van der Waals surface area contributed by atoms with Gasteiger partial charge in [0.2, 0.25) is 0 Å². The average Bonchev–Trinajstić information content (AvgIpc) is 3.28. The van der Waals surface area contributed by atoms with Gasteiger partial charge in [-0.05, 0) is 48.6 Å². The van der Waals surface area contributed by atoms with Gasteiger partial charge in [0.05, 0.1) is 18.8 Å². The number of aromatic nitrogens is 1. The minimum Gasteiger partial charge on any atom is -0.441 e. The number of hydrogen-bond acceptors (Lipinski definition) is 5. The molecule has 170 valence electrons. The maximum Gasteiger partial charge on any atom is 0.318 e. The van der Waals surface area contributed by atoms with Gasteiger partial charge in [-0.3, -0.25) is 0 Å². The monoisotopic (exact) mass is 436 g/mol. The summed E-state index contributed by atoms with van der Waals surface area (Å²) < 4.78 is 5.63. The molecule has 1 aliphatic heterocycles. The third-order valence-corrected chi connectivity index (χ3v) is 6.21. The third kappa shape index (κ3) is 4.88. The normalized spacial score (nSPS) is 17.3. The predicted molar refractivity (Wildman–Crippen MR) is 125 cm³/mol. The highest BCUT2D eigenvalue weighted by Crippen LogP contribution is 2.29. The van der Waals surface area contributed by atoms with Crippen LogP contribution in [0.15, 0.2) is 52.6 Å². The van der Waals surface area contributed by atoms with Crippen LogP contribution in [0, 0.1) is 6.92 Å². The van der Waals surface area contributed by atoms with Crippen molar-refractivity contribution in [1.82, 2.24) is 15.2 Å². The second kappa shape index (κ2) is 10.0. The van der Waals surface area contributed by atoms with Gasteiger partial charge in [0, 0.05) is 44.4 Å². The highest BCUT2D eigenvalue weighted by atomic mass is 16.4. The molecular weight excluding hydrogens is 404 g/mol. The molecule has 0 spiro atoms. The van der Waals surface area contributed by atoms with Crippen LogP contribution in [-0.4, -0.2) is 53.2 Å². The molecule has 1 aliphatic carbocycles. The Bertz CT molecular complexity index is 1000. The van der Waals surface area contributed by atoms with Gasteiger partial charge in [0.25, 0.3) is 0 Å². The van der Waals surface area contributed by atoms with Gasteiger partial charge >= 0.3 is 6.03 Å². The molecule has 2 heterocycles. The molecule has 0 saturated carbocycles. The van der Waals surface area contributed by atoms with Gasteiger partial charge in [-0.1, -0.05) is 25.2 Å². The number of hydrogen-bond donors (Lipinski definition) is 2. The van der Waals surface area contributed by atoms with E-state index >= 15 is 0 Å². The summed E-state index contributed by atoms with van der Waals surface area (Å²) in [5, 5.41) is 13.1. The molecule has 7 nitrogen and oxygen atoms in total. The lowest BCUT2D eigenvalue weighted by molar-refractivity contribution is 0.191. The van der Waals surface area contributed by atoms with Gasteiger partial charge in [0.1, 0.15) is 0 Å². The number of urea groups is 1. The van der Waals surface area contributed by atoms with Crippen molar-refractivity contribution in [3.8, 4) is 11.3 Å². The minimum absolute atomic E-state index is 0.00320. The number of carbonyl (C=O) groups is 1. The number of anilines is 1. The molecule has 2 aliphatic rings. The second-order valence-corrected chi connectivity index (χ2v) is 8.31. The first kappa shape index (κ1) is 22.1. The number of aliphatic hydroxyl groups excluding tert-OH is 1. The van der Waals surface area contributed by atoms with Crippen LogP contribution in [0.25, 0.3) is 11.3 Å². The van der Waals surface area contributed by atoms with Gasteiger partial charge in [-0.15, -0.1) is 0 Å². The highest BCUT2D eigenvalue weighted by molar-refractivity contribution is 5.75. The van der Waals surface area contributed by atoms with Crippen LogP contribution in [0.3, 0.4) is 0 Å². The SMILES string of the molecule is CC[C@@H](NC(=O)N1CCN(c2ccc(-c3cnc(C)o3)c(CO)c2)CC1)C1=CCCC=C1. The van der Waals surface area contributed by atoms with E-state index in [9.17, 15) is 9.90 Å². The number of piperazine rings is 1. The van der Waals surface area contributed by atoms with Crippen LogP contribution < -0.4 is 10.2 Å². The smallest absolute Gasteiger partial charge is 0.318 e. The van der Waals surface area contributed by atoms with E-state index in [-0.39, 0.29) is 18.7 Å². The van der Waals surface area contributed by atoms with Gasteiger partial charge in [-0.2, -0.15) is 0 Å². The number of nitrogens with zero attached hydrogens (tertiary/aromatic N) is 3. The summed E-state index contributed by atoms with van der Waals surface area (Å²) in [6.45, 7) is 6.65. The molecule has 1 saturated heterocycles. The van der Waals surface area contributed by atoms with Crippen LogP contribution >= 0.6 is 0 Å². The lowest BCUT2D eigenvalue weighted by Gasteiger charge is -2.37. The van der Waals surface area contributed by atoms with Crippen molar-refractivity contribution < 1.29 is 14.3 Å². The molecular formula is C25H32N4O3. The fourth-order valence-electron chi connectivity index (χ4n) is 4.36. The summed E-state index contributed by atoms with van der Waals surface area (Å²) in [5.41, 5.74) is 3.91. The molecule has 32 heavy (non-hydrogen) atoms. The molecule has 0 radical (unpaired) electrons. The van der Waals surface area contributed by atoms with Crippen molar-refractivity contribution >= 4 is 11.7 Å². The van der Waals surface area contributed by atoms with Gasteiger partial charge in [-0.25, -0.2) is 9.78 Å². The maximum absolute atomic E-state index is 12.9. The van der Waals surface area contributed by atoms with Crippen LogP contribution in [0.5, 0.6) is 0 Å². The number of nitrogens with one attached hydrogen (secondary N) is 1. The largest absolute Gasteiger partial charge is 0.441 e. The summed E-state index contributed by atoms with van der Waals surface area (Å²) in [7, 11) is 0. The van der Waals surface area contributed by atoms with Crippen molar-refractivity contribution in [2.45, 2.75) is 45.8 Å². The summed E-state index contributed by atoms with van der Waals surface area (Å²) in [6.07, 6.45) is 11.2. The molecule has 0 unspecified atom stereocenters. The Kier molecular flexibility index (Phi) is 6.95. The Balaban J connectivity index is 1.37. The molecule has 0 bridgehead atoms. The van der Waals surface area contributed by atoms with Gasteiger partial charge in [0.15, 0.2) is 11.7 Å². The van der Waals surface area contributed by atoms with E-state index in [0.29, 0.717) is 24.7 Å². The van der Waals surface area contributed by atoms with Crippen molar-refractivity contribution in [2.24, 2.45) is 0 Å². The zero-order chi connectivity index (χ0) is 22.5. The fraction of sp³-hybridized carbons (Fsp3) is 0.440. The maximum atomic E-state index is 12.9. The zero-order valence-electron chi connectivity index (χ0n) is 18.9. The molecule has 1 fully saturated rings. The first-order valence-electron chi connectivity index (χ1n) is 11.4. The Labute approximate surface area is 189 Å². The van der Waals surface area contributed by atoms with E-state index in [1.54, 1.807) is 13.1 Å². The summed E-state index contributed by atoms with van der Waals surface area (Å²) in [4.78, 5) is 21.2. The van der Waals surface area contributed by atoms with E-state index in [2.05, 4.69) is 40.4 Å². The standard InChI is InChI=1S/C25H32N4O3/c1-3-23(19-7-5-4-6-8-19)27-25(31)29-13-11-28(12-14-29)21-9-10-22(20(15-21)17-30)24-16-26-18(2)32-24/h5,7-10,15-16,23,30H,3-4,6,11-14,17H2,1-2H3,(H,27,31)/t23-/m1/s1. The fourth-order valence-corrected chi connectivity index (χ4v) is 4.36. The van der Waals surface area contributed by atoms with Crippen molar-refractivity contribution in [3.05, 3.63) is 59.7 Å². The molecule has 2 aromatic rings. The highest BCUT2D eigenvalue weighted by Gasteiger charge is 2.24.